The van der Waals surface area contributed by atoms with Gasteiger partial charge in [-0.05, 0) is 54.2 Å². The van der Waals surface area contributed by atoms with Crippen molar-refractivity contribution in [2.24, 2.45) is 0 Å². The molecule has 0 fully saturated rings. The Morgan fingerprint density at radius 1 is 1.10 bits per heavy atom. The number of nitrogens with one attached hydrogen (secondary N) is 1. The molecule has 0 unspecified atom stereocenters. The van der Waals surface area contributed by atoms with Gasteiger partial charge in [-0.2, -0.15) is 0 Å². The maximum Gasteiger partial charge on any atom is 0.331 e. The van der Waals surface area contributed by atoms with E-state index in [1.807, 2.05) is 24.3 Å². The highest BCUT2D eigenvalue weighted by atomic mass is 16.6. The largest absolute Gasteiger partial charge is 0.486 e. The van der Waals surface area contributed by atoms with E-state index in [4.69, 9.17) is 14.2 Å². The molecule has 0 radical (unpaired) electrons. The molecule has 0 aromatic heterocycles. The van der Waals surface area contributed by atoms with Gasteiger partial charge in [-0.25, -0.2) is 4.79 Å². The molecule has 0 saturated heterocycles. The van der Waals surface area contributed by atoms with Crippen LogP contribution in [0.3, 0.4) is 0 Å². The van der Waals surface area contributed by atoms with Gasteiger partial charge in [-0.15, -0.1) is 0 Å². The molecule has 1 aliphatic carbocycles. The Balaban J connectivity index is 1.27. The number of fused-ring (bicyclic) bond motifs is 2. The van der Waals surface area contributed by atoms with Crippen molar-refractivity contribution in [3.8, 4) is 11.5 Å². The van der Waals surface area contributed by atoms with Crippen LogP contribution in [-0.4, -0.2) is 31.7 Å². The molecule has 1 heterocycles. The molecular formula is C23H23NO5. The van der Waals surface area contributed by atoms with E-state index < -0.39 is 5.97 Å². The van der Waals surface area contributed by atoms with E-state index in [0.29, 0.717) is 24.7 Å². The Bertz CT molecular complexity index is 937. The minimum Gasteiger partial charge on any atom is -0.486 e. The van der Waals surface area contributed by atoms with Crippen LogP contribution in [0.4, 0.5) is 0 Å². The first-order valence-corrected chi connectivity index (χ1v) is 9.81. The van der Waals surface area contributed by atoms with E-state index in [2.05, 4.69) is 11.4 Å². The lowest BCUT2D eigenvalue weighted by Gasteiger charge is -2.26. The van der Waals surface area contributed by atoms with Crippen LogP contribution in [-0.2, 0) is 20.7 Å². The number of amides is 1. The van der Waals surface area contributed by atoms with Gasteiger partial charge in [0.15, 0.2) is 18.1 Å². The van der Waals surface area contributed by atoms with E-state index in [9.17, 15) is 9.59 Å². The summed E-state index contributed by atoms with van der Waals surface area (Å²) in [6.07, 6.45) is 5.87. The van der Waals surface area contributed by atoms with E-state index >= 15 is 0 Å². The smallest absolute Gasteiger partial charge is 0.331 e. The molecular weight excluding hydrogens is 370 g/mol. The normalized spacial score (nSPS) is 17.4. The minimum atomic E-state index is -0.570. The van der Waals surface area contributed by atoms with Crippen LogP contribution in [0.1, 0.15) is 35.6 Å². The van der Waals surface area contributed by atoms with Gasteiger partial charge in [-0.3, -0.25) is 4.79 Å². The van der Waals surface area contributed by atoms with Gasteiger partial charge in [0.2, 0.25) is 0 Å². The van der Waals surface area contributed by atoms with Crippen molar-refractivity contribution in [2.75, 3.05) is 19.8 Å². The molecule has 1 atom stereocenters. The van der Waals surface area contributed by atoms with Gasteiger partial charge in [0.25, 0.3) is 5.91 Å². The van der Waals surface area contributed by atoms with Gasteiger partial charge in [-0.1, -0.05) is 30.3 Å². The van der Waals surface area contributed by atoms with E-state index in [0.717, 1.165) is 30.4 Å². The topological polar surface area (TPSA) is 73.9 Å². The van der Waals surface area contributed by atoms with Crippen molar-refractivity contribution >= 4 is 18.0 Å². The fraction of sp³-hybridized carbons (Fsp3) is 0.304. The molecule has 29 heavy (non-hydrogen) atoms. The SMILES string of the molecule is O=C(COC(=O)/C=C/c1ccc2c(c1)OCCO2)N[C@H]1CCCc2ccccc21. The van der Waals surface area contributed by atoms with Gasteiger partial charge < -0.3 is 19.5 Å². The summed E-state index contributed by atoms with van der Waals surface area (Å²) in [5.41, 5.74) is 3.20. The Morgan fingerprint density at radius 2 is 1.93 bits per heavy atom. The number of benzene rings is 2. The van der Waals surface area contributed by atoms with Crippen LogP contribution in [0, 0.1) is 0 Å². The fourth-order valence-electron chi connectivity index (χ4n) is 3.65. The molecule has 0 bridgehead atoms. The summed E-state index contributed by atoms with van der Waals surface area (Å²) in [6.45, 7) is 0.731. The maximum atomic E-state index is 12.2. The quantitative estimate of drug-likeness (QED) is 0.624. The Labute approximate surface area is 169 Å². The molecule has 4 rings (SSSR count). The van der Waals surface area contributed by atoms with Gasteiger partial charge in [0.1, 0.15) is 13.2 Å². The van der Waals surface area contributed by atoms with Crippen LogP contribution in [0.5, 0.6) is 11.5 Å². The summed E-state index contributed by atoms with van der Waals surface area (Å²) in [5.74, 6) is 0.475. The third kappa shape index (κ3) is 4.77. The first kappa shape index (κ1) is 19.1. The minimum absolute atomic E-state index is 0.0283. The van der Waals surface area contributed by atoms with Crippen LogP contribution in [0.25, 0.3) is 6.08 Å². The molecule has 150 valence electrons. The molecule has 6 nitrogen and oxygen atoms in total. The third-order valence-corrected chi connectivity index (χ3v) is 5.03. The standard InChI is InChI=1S/C23H23NO5/c25-22(24-19-7-3-5-17-4-1-2-6-18(17)19)15-29-23(26)11-9-16-8-10-20-21(14-16)28-13-12-27-20/h1-2,4,6,8-11,14,19H,3,5,7,12-13,15H2,(H,24,25)/b11-9+/t19-/m0/s1. The summed E-state index contributed by atoms with van der Waals surface area (Å²) < 4.78 is 16.1. The van der Waals surface area contributed by atoms with Crippen molar-refractivity contribution in [3.63, 3.8) is 0 Å². The number of hydrogen-bond acceptors (Lipinski definition) is 5. The summed E-state index contributed by atoms with van der Waals surface area (Å²) in [6, 6.07) is 13.5. The van der Waals surface area contributed by atoms with Gasteiger partial charge in [0, 0.05) is 6.08 Å². The molecule has 1 N–H and O–H groups in total. The summed E-state index contributed by atoms with van der Waals surface area (Å²) in [4.78, 5) is 24.2. The number of esters is 1. The predicted molar refractivity (Wildman–Crippen MR) is 108 cm³/mol. The molecule has 2 aromatic carbocycles. The highest BCUT2D eigenvalue weighted by Gasteiger charge is 2.21. The first-order valence-electron chi connectivity index (χ1n) is 9.81. The van der Waals surface area contributed by atoms with Crippen molar-refractivity contribution in [3.05, 3.63) is 65.2 Å². The Morgan fingerprint density at radius 3 is 2.83 bits per heavy atom. The molecule has 2 aliphatic rings. The van der Waals surface area contributed by atoms with Crippen molar-refractivity contribution in [2.45, 2.75) is 25.3 Å². The van der Waals surface area contributed by atoms with Gasteiger partial charge in [0.05, 0.1) is 6.04 Å². The summed E-state index contributed by atoms with van der Waals surface area (Å²) in [5, 5.41) is 2.97. The van der Waals surface area contributed by atoms with Crippen molar-refractivity contribution < 1.29 is 23.8 Å². The summed E-state index contributed by atoms with van der Waals surface area (Å²) in [7, 11) is 0. The molecule has 0 spiro atoms. The number of rotatable bonds is 5. The Kier molecular flexibility index (Phi) is 5.79. The second kappa shape index (κ2) is 8.82. The second-order valence-electron chi connectivity index (χ2n) is 7.06. The van der Waals surface area contributed by atoms with Crippen LogP contribution in [0.15, 0.2) is 48.5 Å². The molecule has 0 saturated carbocycles. The zero-order valence-electron chi connectivity index (χ0n) is 16.1. The number of carbonyl (C=O) groups excluding carboxylic acids is 2. The third-order valence-electron chi connectivity index (χ3n) is 5.03. The van der Waals surface area contributed by atoms with E-state index in [1.54, 1.807) is 18.2 Å². The highest BCUT2D eigenvalue weighted by Crippen LogP contribution is 2.31. The van der Waals surface area contributed by atoms with Crippen LogP contribution >= 0.6 is 0 Å². The van der Waals surface area contributed by atoms with Gasteiger partial charge >= 0.3 is 5.97 Å². The Hall–Kier alpha value is -3.28. The maximum absolute atomic E-state index is 12.2. The molecule has 1 aliphatic heterocycles. The molecule has 1 amide bonds. The number of aryl methyl sites for hydroxylation is 1. The van der Waals surface area contributed by atoms with Crippen LogP contribution in [0.2, 0.25) is 0 Å². The fourth-order valence-corrected chi connectivity index (χ4v) is 3.65. The second-order valence-corrected chi connectivity index (χ2v) is 7.06. The average molecular weight is 393 g/mol. The lowest BCUT2D eigenvalue weighted by atomic mass is 9.88. The zero-order valence-corrected chi connectivity index (χ0v) is 16.1. The number of ether oxygens (including phenoxy) is 3. The predicted octanol–water partition coefficient (Wildman–Crippen LogP) is 3.21. The lowest BCUT2D eigenvalue weighted by molar-refractivity contribution is -0.144. The molecule has 2 aromatic rings. The average Bonchev–Trinajstić information content (AvgIpc) is 2.76. The monoisotopic (exact) mass is 393 g/mol. The zero-order chi connectivity index (χ0) is 20.1. The number of carbonyl (C=O) groups is 2. The molecule has 6 heteroatoms. The first-order chi connectivity index (χ1) is 14.2. The van der Waals surface area contributed by atoms with Crippen molar-refractivity contribution in [1.82, 2.24) is 5.32 Å². The van der Waals surface area contributed by atoms with E-state index in [-0.39, 0.29) is 18.6 Å². The lowest BCUT2D eigenvalue weighted by Crippen LogP contribution is -2.34. The van der Waals surface area contributed by atoms with Crippen LogP contribution < -0.4 is 14.8 Å². The highest BCUT2D eigenvalue weighted by molar-refractivity contribution is 5.89. The number of hydrogen-bond donors (Lipinski definition) is 1. The summed E-state index contributed by atoms with van der Waals surface area (Å²) >= 11 is 0. The van der Waals surface area contributed by atoms with E-state index in [1.165, 1.54) is 11.6 Å². The van der Waals surface area contributed by atoms with Crippen molar-refractivity contribution in [1.29, 1.82) is 0 Å².